The van der Waals surface area contributed by atoms with Crippen LogP contribution in [0, 0.1) is 5.92 Å². The van der Waals surface area contributed by atoms with E-state index >= 15 is 0 Å². The van der Waals surface area contributed by atoms with Crippen LogP contribution in [0.3, 0.4) is 0 Å². The molecule has 84 valence electrons. The molecule has 0 aromatic carbocycles. The van der Waals surface area contributed by atoms with Crippen molar-refractivity contribution in [3.05, 3.63) is 24.3 Å². The first-order valence-corrected chi connectivity index (χ1v) is 5.92. The quantitative estimate of drug-likeness (QED) is 0.726. The van der Waals surface area contributed by atoms with Gasteiger partial charge in [0.1, 0.15) is 5.82 Å². The van der Waals surface area contributed by atoms with Crippen LogP contribution in [0.5, 0.6) is 0 Å². The van der Waals surface area contributed by atoms with E-state index in [1.54, 1.807) is 12.4 Å². The molecule has 1 N–H and O–H groups in total. The molecule has 1 unspecified atom stereocenters. The fraction of sp³-hybridized carbons (Fsp3) is 0.636. The van der Waals surface area contributed by atoms with E-state index < -0.39 is 0 Å². The lowest BCUT2D eigenvalue weighted by Gasteiger charge is -2.13. The van der Waals surface area contributed by atoms with Crippen LogP contribution < -0.4 is 5.32 Å². The highest BCUT2D eigenvalue weighted by molar-refractivity contribution is 6.17. The molecule has 15 heavy (non-hydrogen) atoms. The molecule has 0 radical (unpaired) electrons. The summed E-state index contributed by atoms with van der Waals surface area (Å²) in [6.07, 6.45) is 5.76. The molecule has 0 saturated carbocycles. The largest absolute Gasteiger partial charge is 0.310 e. The van der Waals surface area contributed by atoms with Crippen molar-refractivity contribution in [2.45, 2.75) is 26.3 Å². The summed E-state index contributed by atoms with van der Waals surface area (Å²) < 4.78 is 0. The van der Waals surface area contributed by atoms with Gasteiger partial charge in [-0.25, -0.2) is 9.97 Å². The summed E-state index contributed by atoms with van der Waals surface area (Å²) in [5.41, 5.74) is 0. The van der Waals surface area contributed by atoms with Crippen molar-refractivity contribution in [3.63, 3.8) is 0 Å². The summed E-state index contributed by atoms with van der Waals surface area (Å²) in [6.45, 7) is 3.92. The van der Waals surface area contributed by atoms with Gasteiger partial charge >= 0.3 is 0 Å². The molecule has 1 aromatic rings. The third kappa shape index (κ3) is 5.09. The number of nitrogens with one attached hydrogen (secondary N) is 1. The number of aromatic nitrogens is 2. The Labute approximate surface area is 96.3 Å². The minimum absolute atomic E-state index is 0.659. The van der Waals surface area contributed by atoms with E-state index in [-0.39, 0.29) is 0 Å². The number of hydrogen-bond acceptors (Lipinski definition) is 3. The molecule has 1 aromatic heterocycles. The van der Waals surface area contributed by atoms with Crippen LogP contribution in [0.2, 0.25) is 0 Å². The van der Waals surface area contributed by atoms with Gasteiger partial charge in [-0.2, -0.15) is 0 Å². The standard InChI is InChI=1S/C11H18ClN3/c1-2-10(4-5-12)8-13-9-11-14-6-3-7-15-11/h3,6-7,10,13H,2,4-5,8-9H2,1H3. The smallest absolute Gasteiger partial charge is 0.141 e. The number of nitrogens with zero attached hydrogens (tertiary/aromatic N) is 2. The molecule has 0 aliphatic heterocycles. The lowest BCUT2D eigenvalue weighted by molar-refractivity contribution is 0.448. The van der Waals surface area contributed by atoms with Crippen LogP contribution in [0.4, 0.5) is 0 Å². The van der Waals surface area contributed by atoms with Crippen molar-refractivity contribution in [3.8, 4) is 0 Å². The van der Waals surface area contributed by atoms with E-state index in [4.69, 9.17) is 11.6 Å². The molecule has 0 fully saturated rings. The Morgan fingerprint density at radius 3 is 2.73 bits per heavy atom. The number of hydrogen-bond donors (Lipinski definition) is 1. The van der Waals surface area contributed by atoms with Gasteiger partial charge in [-0.05, 0) is 24.9 Å². The van der Waals surface area contributed by atoms with Gasteiger partial charge in [0.25, 0.3) is 0 Å². The molecule has 0 aliphatic rings. The van der Waals surface area contributed by atoms with Crippen LogP contribution in [-0.2, 0) is 6.54 Å². The highest BCUT2D eigenvalue weighted by Gasteiger charge is 2.04. The molecule has 0 saturated heterocycles. The van der Waals surface area contributed by atoms with Crippen LogP contribution in [-0.4, -0.2) is 22.4 Å². The first-order chi connectivity index (χ1) is 7.36. The lowest BCUT2D eigenvalue weighted by Crippen LogP contribution is -2.23. The first-order valence-electron chi connectivity index (χ1n) is 5.39. The van der Waals surface area contributed by atoms with E-state index in [9.17, 15) is 0 Å². The van der Waals surface area contributed by atoms with E-state index in [2.05, 4.69) is 22.2 Å². The van der Waals surface area contributed by atoms with E-state index in [1.165, 1.54) is 0 Å². The summed E-state index contributed by atoms with van der Waals surface area (Å²) in [6, 6.07) is 1.83. The molecular formula is C11H18ClN3. The highest BCUT2D eigenvalue weighted by Crippen LogP contribution is 2.07. The minimum atomic E-state index is 0.659. The number of halogens is 1. The summed E-state index contributed by atoms with van der Waals surface area (Å²) in [5.74, 6) is 2.24. The van der Waals surface area contributed by atoms with E-state index in [1.807, 2.05) is 6.07 Å². The second-order valence-corrected chi connectivity index (χ2v) is 3.93. The van der Waals surface area contributed by atoms with Crippen molar-refractivity contribution in [2.24, 2.45) is 5.92 Å². The molecule has 0 aliphatic carbocycles. The summed E-state index contributed by atoms with van der Waals surface area (Å²) in [4.78, 5) is 8.30. The monoisotopic (exact) mass is 227 g/mol. The summed E-state index contributed by atoms with van der Waals surface area (Å²) in [5, 5.41) is 3.35. The second kappa shape index (κ2) is 7.60. The Morgan fingerprint density at radius 1 is 1.40 bits per heavy atom. The zero-order chi connectivity index (χ0) is 10.9. The maximum Gasteiger partial charge on any atom is 0.141 e. The maximum absolute atomic E-state index is 5.72. The van der Waals surface area contributed by atoms with Crippen LogP contribution in [0.1, 0.15) is 25.6 Å². The van der Waals surface area contributed by atoms with Crippen molar-refractivity contribution < 1.29 is 0 Å². The maximum atomic E-state index is 5.72. The molecule has 4 heteroatoms. The molecule has 3 nitrogen and oxygen atoms in total. The van der Waals surface area contributed by atoms with Gasteiger partial charge < -0.3 is 5.32 Å². The normalized spacial score (nSPS) is 12.7. The average Bonchev–Trinajstić information content (AvgIpc) is 2.29. The topological polar surface area (TPSA) is 37.8 Å². The lowest BCUT2D eigenvalue weighted by atomic mass is 10.0. The Morgan fingerprint density at radius 2 is 2.13 bits per heavy atom. The molecular weight excluding hydrogens is 210 g/mol. The third-order valence-electron chi connectivity index (χ3n) is 2.43. The van der Waals surface area contributed by atoms with Crippen molar-refractivity contribution in [2.75, 3.05) is 12.4 Å². The number of alkyl halides is 1. The predicted molar refractivity (Wildman–Crippen MR) is 62.9 cm³/mol. The summed E-state index contributed by atoms with van der Waals surface area (Å²) >= 11 is 5.72. The molecule has 1 heterocycles. The van der Waals surface area contributed by atoms with Crippen LogP contribution >= 0.6 is 11.6 Å². The van der Waals surface area contributed by atoms with Gasteiger partial charge in [0.15, 0.2) is 0 Å². The van der Waals surface area contributed by atoms with Crippen LogP contribution in [0.15, 0.2) is 18.5 Å². The molecule has 0 spiro atoms. The average molecular weight is 228 g/mol. The molecule has 0 amide bonds. The van der Waals surface area contributed by atoms with Crippen LogP contribution in [0.25, 0.3) is 0 Å². The van der Waals surface area contributed by atoms with Crippen molar-refractivity contribution >= 4 is 11.6 Å². The Hall–Kier alpha value is -0.670. The predicted octanol–water partition coefficient (Wildman–Crippen LogP) is 2.22. The van der Waals surface area contributed by atoms with Gasteiger partial charge in [-0.1, -0.05) is 13.3 Å². The first kappa shape index (κ1) is 12.4. The fourth-order valence-corrected chi connectivity index (χ4v) is 1.72. The van der Waals surface area contributed by atoms with Gasteiger partial charge in [-0.3, -0.25) is 0 Å². The zero-order valence-corrected chi connectivity index (χ0v) is 9.87. The minimum Gasteiger partial charge on any atom is -0.310 e. The molecule has 1 rings (SSSR count). The molecule has 0 bridgehead atoms. The Balaban J connectivity index is 2.20. The summed E-state index contributed by atoms with van der Waals surface area (Å²) in [7, 11) is 0. The zero-order valence-electron chi connectivity index (χ0n) is 9.12. The third-order valence-corrected chi connectivity index (χ3v) is 2.65. The number of rotatable bonds is 7. The second-order valence-electron chi connectivity index (χ2n) is 3.55. The van der Waals surface area contributed by atoms with Gasteiger partial charge in [0.05, 0.1) is 6.54 Å². The Kier molecular flexibility index (Phi) is 6.28. The SMILES string of the molecule is CCC(CCCl)CNCc1ncccn1. The Bertz CT molecular complexity index is 253. The van der Waals surface area contributed by atoms with Gasteiger partial charge in [-0.15, -0.1) is 11.6 Å². The molecule has 1 atom stereocenters. The van der Waals surface area contributed by atoms with Gasteiger partial charge in [0, 0.05) is 18.3 Å². The van der Waals surface area contributed by atoms with Crippen molar-refractivity contribution in [1.29, 1.82) is 0 Å². The van der Waals surface area contributed by atoms with Crippen molar-refractivity contribution in [1.82, 2.24) is 15.3 Å². The van der Waals surface area contributed by atoms with E-state index in [0.717, 1.165) is 37.6 Å². The van der Waals surface area contributed by atoms with E-state index in [0.29, 0.717) is 5.92 Å². The van der Waals surface area contributed by atoms with Gasteiger partial charge in [0.2, 0.25) is 0 Å². The fourth-order valence-electron chi connectivity index (χ4n) is 1.41. The highest BCUT2D eigenvalue weighted by atomic mass is 35.5.